The van der Waals surface area contributed by atoms with Crippen LogP contribution in [0.4, 0.5) is 10.5 Å². The summed E-state index contributed by atoms with van der Waals surface area (Å²) in [4.78, 5) is 22.6. The SMILES string of the molecule is CC(C)(C)OC(=O)Nc1c(I)cc(C(=O)O)cc1I. The van der Waals surface area contributed by atoms with Crippen LogP contribution in [0.25, 0.3) is 0 Å². The average Bonchev–Trinajstić information content (AvgIpc) is 2.20. The normalized spacial score (nSPS) is 11.0. The number of benzene rings is 1. The molecule has 7 heteroatoms. The largest absolute Gasteiger partial charge is 0.478 e. The van der Waals surface area contributed by atoms with Crippen molar-refractivity contribution in [2.45, 2.75) is 26.4 Å². The van der Waals surface area contributed by atoms with E-state index in [4.69, 9.17) is 9.84 Å². The molecule has 0 heterocycles. The molecule has 0 radical (unpaired) electrons. The molecule has 0 aliphatic heterocycles. The summed E-state index contributed by atoms with van der Waals surface area (Å²) < 4.78 is 6.45. The number of amides is 1. The van der Waals surface area contributed by atoms with Gasteiger partial charge in [0.25, 0.3) is 0 Å². The number of nitrogens with one attached hydrogen (secondary N) is 1. The van der Waals surface area contributed by atoms with Gasteiger partial charge in [-0.05, 0) is 78.1 Å². The van der Waals surface area contributed by atoms with E-state index >= 15 is 0 Å². The fourth-order valence-electron chi connectivity index (χ4n) is 1.22. The van der Waals surface area contributed by atoms with E-state index in [2.05, 4.69) is 5.32 Å². The Morgan fingerprint density at radius 2 is 1.68 bits per heavy atom. The number of aromatic carboxylic acids is 1. The Bertz CT molecular complexity index is 500. The molecule has 1 amide bonds. The molecular formula is C12H13I2NO4. The van der Waals surface area contributed by atoms with E-state index in [0.717, 1.165) is 0 Å². The third kappa shape index (κ3) is 5.13. The van der Waals surface area contributed by atoms with Gasteiger partial charge in [-0.25, -0.2) is 9.59 Å². The van der Waals surface area contributed by atoms with Gasteiger partial charge in [0.1, 0.15) is 5.60 Å². The molecule has 0 atom stereocenters. The molecule has 0 aliphatic rings. The van der Waals surface area contributed by atoms with Crippen molar-refractivity contribution >= 4 is 62.9 Å². The maximum absolute atomic E-state index is 11.7. The third-order valence-corrected chi connectivity index (χ3v) is 3.62. The first-order chi connectivity index (χ1) is 8.60. The highest BCUT2D eigenvalue weighted by molar-refractivity contribution is 14.1. The van der Waals surface area contributed by atoms with E-state index in [1.54, 1.807) is 20.8 Å². The molecule has 0 bridgehead atoms. The van der Waals surface area contributed by atoms with Gasteiger partial charge in [-0.2, -0.15) is 0 Å². The predicted octanol–water partition coefficient (Wildman–Crippen LogP) is 3.94. The number of rotatable bonds is 2. The van der Waals surface area contributed by atoms with E-state index in [-0.39, 0.29) is 5.56 Å². The van der Waals surface area contributed by atoms with Crippen LogP contribution in [0.15, 0.2) is 12.1 Å². The fourth-order valence-corrected chi connectivity index (χ4v) is 3.26. The number of carbonyl (C=O) groups is 2. The molecular weight excluding hydrogens is 476 g/mol. The first kappa shape index (κ1) is 16.5. The Morgan fingerprint density at radius 3 is 2.05 bits per heavy atom. The maximum atomic E-state index is 11.7. The minimum atomic E-state index is -1.00. The summed E-state index contributed by atoms with van der Waals surface area (Å²) in [5, 5.41) is 11.6. The summed E-state index contributed by atoms with van der Waals surface area (Å²) in [6.07, 6.45) is -0.564. The molecule has 104 valence electrons. The van der Waals surface area contributed by atoms with Crippen LogP contribution in [-0.2, 0) is 4.74 Å². The van der Waals surface area contributed by atoms with E-state index in [0.29, 0.717) is 12.8 Å². The Morgan fingerprint density at radius 1 is 1.21 bits per heavy atom. The Labute approximate surface area is 138 Å². The number of hydrogen-bond acceptors (Lipinski definition) is 3. The topological polar surface area (TPSA) is 75.6 Å². The lowest BCUT2D eigenvalue weighted by Gasteiger charge is -2.20. The first-order valence-corrected chi connectivity index (χ1v) is 7.48. The highest BCUT2D eigenvalue weighted by Gasteiger charge is 2.19. The summed E-state index contributed by atoms with van der Waals surface area (Å²) in [5.74, 6) is -1.00. The second-order valence-electron chi connectivity index (χ2n) is 4.75. The number of carbonyl (C=O) groups excluding carboxylic acids is 1. The van der Waals surface area contributed by atoms with E-state index in [9.17, 15) is 9.59 Å². The Hall–Kier alpha value is -0.580. The molecule has 19 heavy (non-hydrogen) atoms. The molecule has 2 N–H and O–H groups in total. The number of carboxylic acid groups (broad SMARTS) is 1. The van der Waals surface area contributed by atoms with Gasteiger partial charge in [-0.1, -0.05) is 0 Å². The van der Waals surface area contributed by atoms with Crippen LogP contribution in [0, 0.1) is 7.14 Å². The number of ether oxygens (including phenoxy) is 1. The maximum Gasteiger partial charge on any atom is 0.412 e. The molecule has 5 nitrogen and oxygen atoms in total. The van der Waals surface area contributed by atoms with Gasteiger partial charge in [0.2, 0.25) is 0 Å². The number of halogens is 2. The first-order valence-electron chi connectivity index (χ1n) is 5.32. The fraction of sp³-hybridized carbons (Fsp3) is 0.333. The van der Waals surface area contributed by atoms with Crippen molar-refractivity contribution in [3.8, 4) is 0 Å². The molecule has 0 fully saturated rings. The molecule has 1 aromatic rings. The van der Waals surface area contributed by atoms with E-state index in [1.165, 1.54) is 12.1 Å². The Balaban J connectivity index is 2.97. The van der Waals surface area contributed by atoms with Crippen LogP contribution in [-0.4, -0.2) is 22.8 Å². The number of anilines is 1. The minimum Gasteiger partial charge on any atom is -0.478 e. The molecule has 0 saturated heterocycles. The summed E-state index contributed by atoms with van der Waals surface area (Å²) in [5.41, 5.74) is 0.158. The molecule has 1 rings (SSSR count). The van der Waals surface area contributed by atoms with Crippen LogP contribution in [0.5, 0.6) is 0 Å². The molecule has 0 aliphatic carbocycles. The summed E-state index contributed by atoms with van der Waals surface area (Å²) in [6, 6.07) is 3.00. The summed E-state index contributed by atoms with van der Waals surface area (Å²) in [6.45, 7) is 5.32. The van der Waals surface area contributed by atoms with E-state index in [1.807, 2.05) is 45.2 Å². The molecule has 0 spiro atoms. The van der Waals surface area contributed by atoms with Crippen LogP contribution in [0.2, 0.25) is 0 Å². The highest BCUT2D eigenvalue weighted by Crippen LogP contribution is 2.27. The summed E-state index contributed by atoms with van der Waals surface area (Å²) >= 11 is 3.95. The molecule has 1 aromatic carbocycles. The highest BCUT2D eigenvalue weighted by atomic mass is 127. The van der Waals surface area contributed by atoms with Gasteiger partial charge in [-0.3, -0.25) is 5.32 Å². The van der Waals surface area contributed by atoms with Crippen molar-refractivity contribution in [3.05, 3.63) is 24.8 Å². The van der Waals surface area contributed by atoms with E-state index < -0.39 is 17.7 Å². The van der Waals surface area contributed by atoms with Crippen molar-refractivity contribution in [1.82, 2.24) is 0 Å². The average molecular weight is 489 g/mol. The second kappa shape index (κ2) is 6.25. The molecule has 0 unspecified atom stereocenters. The lowest BCUT2D eigenvalue weighted by molar-refractivity contribution is 0.0634. The van der Waals surface area contributed by atoms with Gasteiger partial charge >= 0.3 is 12.1 Å². The van der Waals surface area contributed by atoms with Crippen molar-refractivity contribution in [2.75, 3.05) is 5.32 Å². The molecule has 0 aromatic heterocycles. The molecule has 0 saturated carbocycles. The van der Waals surface area contributed by atoms with Crippen LogP contribution in [0.3, 0.4) is 0 Å². The monoisotopic (exact) mass is 489 g/mol. The third-order valence-electron chi connectivity index (χ3n) is 1.92. The smallest absolute Gasteiger partial charge is 0.412 e. The van der Waals surface area contributed by atoms with Crippen molar-refractivity contribution in [2.24, 2.45) is 0 Å². The quantitative estimate of drug-likeness (QED) is 0.618. The zero-order chi connectivity index (χ0) is 14.8. The zero-order valence-electron chi connectivity index (χ0n) is 10.6. The van der Waals surface area contributed by atoms with Crippen LogP contribution < -0.4 is 5.32 Å². The number of carboxylic acids is 1. The van der Waals surface area contributed by atoms with Gasteiger partial charge in [0, 0.05) is 7.14 Å². The van der Waals surface area contributed by atoms with Crippen LogP contribution >= 0.6 is 45.2 Å². The van der Waals surface area contributed by atoms with Gasteiger partial charge < -0.3 is 9.84 Å². The van der Waals surface area contributed by atoms with Crippen LogP contribution in [0.1, 0.15) is 31.1 Å². The lowest BCUT2D eigenvalue weighted by Crippen LogP contribution is -2.27. The Kier molecular flexibility index (Phi) is 5.42. The van der Waals surface area contributed by atoms with Crippen molar-refractivity contribution in [3.63, 3.8) is 0 Å². The number of hydrogen-bond donors (Lipinski definition) is 2. The summed E-state index contributed by atoms with van der Waals surface area (Å²) in [7, 11) is 0. The zero-order valence-corrected chi connectivity index (χ0v) is 14.9. The standard InChI is InChI=1S/C12H13I2NO4/c1-12(2,3)19-11(18)15-9-7(13)4-6(10(16)17)5-8(9)14/h4-5H,1-3H3,(H,15,18)(H,16,17). The lowest BCUT2D eigenvalue weighted by atomic mass is 10.2. The van der Waals surface area contributed by atoms with Gasteiger partial charge in [0.15, 0.2) is 0 Å². The van der Waals surface area contributed by atoms with Crippen molar-refractivity contribution in [1.29, 1.82) is 0 Å². The van der Waals surface area contributed by atoms with Gasteiger partial charge in [0.05, 0.1) is 11.3 Å². The second-order valence-corrected chi connectivity index (χ2v) is 7.07. The minimum absolute atomic E-state index is 0.184. The van der Waals surface area contributed by atoms with Gasteiger partial charge in [-0.15, -0.1) is 0 Å². The predicted molar refractivity (Wildman–Crippen MR) is 88.7 cm³/mol. The van der Waals surface area contributed by atoms with Crippen molar-refractivity contribution < 1.29 is 19.4 Å².